The molecular weight excluding hydrogens is 532 g/mol. The zero-order valence-electron chi connectivity index (χ0n) is 18.8. The van der Waals surface area contributed by atoms with E-state index in [1.54, 1.807) is 0 Å². The van der Waals surface area contributed by atoms with Crippen LogP contribution < -0.4 is 21.3 Å². The summed E-state index contributed by atoms with van der Waals surface area (Å²) in [5.74, 6) is -1.81. The number of aromatic nitrogens is 2. The number of nitrogens with one attached hydrogen (secondary N) is 1. The van der Waals surface area contributed by atoms with Gasteiger partial charge in [-0.15, -0.1) is 0 Å². The van der Waals surface area contributed by atoms with Crippen LogP contribution in [-0.2, 0) is 24.6 Å². The van der Waals surface area contributed by atoms with Crippen molar-refractivity contribution in [2.45, 2.75) is 12.8 Å². The standard InChI is InChI=1S/C21H15ClF4N4O7/c1-28-14(21(24,25)26)8-15(31)29(20(28)33)17-13(23)7-12(22)18(36-2)16(17)27-19(32)37-9-10-4-3-5-11(6-10)30(34)35/h3-8H,9H2,1-2H3,(H,27,32). The van der Waals surface area contributed by atoms with E-state index >= 15 is 4.39 Å². The van der Waals surface area contributed by atoms with Gasteiger partial charge in [0, 0.05) is 25.2 Å². The highest BCUT2D eigenvalue weighted by Gasteiger charge is 2.36. The number of rotatable bonds is 6. The number of carbonyl (C=O) groups is 1. The highest BCUT2D eigenvalue weighted by molar-refractivity contribution is 6.32. The molecule has 0 aliphatic rings. The molecule has 3 rings (SSSR count). The number of non-ortho nitro benzene ring substituents is 1. The van der Waals surface area contributed by atoms with Crippen molar-refractivity contribution in [1.29, 1.82) is 0 Å². The van der Waals surface area contributed by atoms with Gasteiger partial charge >= 0.3 is 18.0 Å². The number of hydrogen-bond acceptors (Lipinski definition) is 7. The summed E-state index contributed by atoms with van der Waals surface area (Å²) in [6.07, 6.45) is -6.37. The lowest BCUT2D eigenvalue weighted by atomic mass is 10.2. The molecule has 0 fully saturated rings. The Morgan fingerprint density at radius 1 is 1.22 bits per heavy atom. The lowest BCUT2D eigenvalue weighted by molar-refractivity contribution is -0.384. The minimum absolute atomic E-state index is 0.0552. The van der Waals surface area contributed by atoms with E-state index < -0.39 is 68.7 Å². The minimum Gasteiger partial charge on any atom is -0.493 e. The van der Waals surface area contributed by atoms with Crippen LogP contribution in [0.15, 0.2) is 46.0 Å². The molecule has 0 atom stereocenters. The van der Waals surface area contributed by atoms with Crippen molar-refractivity contribution in [3.63, 3.8) is 0 Å². The van der Waals surface area contributed by atoms with Crippen molar-refractivity contribution >= 4 is 29.1 Å². The van der Waals surface area contributed by atoms with Gasteiger partial charge in [0.15, 0.2) is 11.6 Å². The predicted octanol–water partition coefficient (Wildman–Crippen LogP) is 4.01. The Bertz CT molecular complexity index is 1520. The first-order valence-corrected chi connectivity index (χ1v) is 10.3. The smallest absolute Gasteiger partial charge is 0.431 e. The zero-order valence-corrected chi connectivity index (χ0v) is 19.5. The first-order chi connectivity index (χ1) is 17.3. The van der Waals surface area contributed by atoms with Crippen LogP contribution in [0.25, 0.3) is 5.69 Å². The number of methoxy groups -OCH3 is 1. The molecule has 1 amide bonds. The van der Waals surface area contributed by atoms with Crippen LogP contribution in [0.1, 0.15) is 11.3 Å². The van der Waals surface area contributed by atoms with Crippen molar-refractivity contribution in [1.82, 2.24) is 9.13 Å². The number of hydrogen-bond donors (Lipinski definition) is 1. The van der Waals surface area contributed by atoms with Gasteiger partial charge in [-0.3, -0.25) is 24.8 Å². The van der Waals surface area contributed by atoms with E-state index in [0.717, 1.165) is 13.2 Å². The van der Waals surface area contributed by atoms with Gasteiger partial charge in [-0.05, 0) is 11.6 Å². The Morgan fingerprint density at radius 2 is 1.89 bits per heavy atom. The summed E-state index contributed by atoms with van der Waals surface area (Å²) in [6, 6.07) is 5.79. The van der Waals surface area contributed by atoms with Gasteiger partial charge in [0.05, 0.1) is 17.1 Å². The van der Waals surface area contributed by atoms with Crippen LogP contribution in [0.3, 0.4) is 0 Å². The zero-order chi connectivity index (χ0) is 27.7. The second kappa shape index (κ2) is 10.3. The maximum absolute atomic E-state index is 15.0. The van der Waals surface area contributed by atoms with E-state index in [9.17, 15) is 37.7 Å². The monoisotopic (exact) mass is 546 g/mol. The average Bonchev–Trinajstić information content (AvgIpc) is 2.81. The first-order valence-electron chi connectivity index (χ1n) is 9.90. The lowest BCUT2D eigenvalue weighted by Gasteiger charge is -2.19. The molecule has 37 heavy (non-hydrogen) atoms. The van der Waals surface area contributed by atoms with Crippen molar-refractivity contribution < 1.29 is 36.8 Å². The number of nitrogens with zero attached hydrogens (tertiary/aromatic N) is 3. The summed E-state index contributed by atoms with van der Waals surface area (Å²) in [7, 11) is 1.77. The number of ether oxygens (including phenoxy) is 2. The van der Waals surface area contributed by atoms with Crippen molar-refractivity contribution in [3.8, 4) is 11.4 Å². The Morgan fingerprint density at radius 3 is 2.49 bits per heavy atom. The minimum atomic E-state index is -5.07. The molecule has 0 spiro atoms. The number of carbonyl (C=O) groups excluding carboxylic acids is 1. The molecule has 0 aliphatic heterocycles. The molecule has 1 heterocycles. The maximum Gasteiger partial charge on any atom is 0.431 e. The second-order valence-electron chi connectivity index (χ2n) is 7.27. The van der Waals surface area contributed by atoms with Gasteiger partial charge in [-0.2, -0.15) is 13.2 Å². The molecule has 3 aromatic rings. The van der Waals surface area contributed by atoms with Gasteiger partial charge in [-0.25, -0.2) is 18.5 Å². The van der Waals surface area contributed by atoms with Crippen molar-refractivity contribution in [2.24, 2.45) is 7.05 Å². The fourth-order valence-electron chi connectivity index (χ4n) is 3.28. The molecule has 1 N–H and O–H groups in total. The number of nitro groups is 1. The Kier molecular flexibility index (Phi) is 7.57. The van der Waals surface area contributed by atoms with E-state index in [2.05, 4.69) is 5.32 Å². The third kappa shape index (κ3) is 5.55. The Labute approximate surface area is 208 Å². The highest BCUT2D eigenvalue weighted by atomic mass is 35.5. The third-order valence-corrected chi connectivity index (χ3v) is 5.20. The largest absolute Gasteiger partial charge is 0.493 e. The van der Waals surface area contributed by atoms with Crippen LogP contribution in [-0.4, -0.2) is 27.3 Å². The van der Waals surface area contributed by atoms with E-state index in [-0.39, 0.29) is 26.5 Å². The molecule has 0 saturated carbocycles. The summed E-state index contributed by atoms with van der Waals surface area (Å²) in [4.78, 5) is 48.0. The molecule has 16 heteroatoms. The average molecular weight is 547 g/mol. The van der Waals surface area contributed by atoms with Crippen LogP contribution in [0.5, 0.6) is 5.75 Å². The molecule has 2 aromatic carbocycles. The number of nitro benzene ring substituents is 1. The van der Waals surface area contributed by atoms with Crippen LogP contribution in [0.4, 0.5) is 33.7 Å². The van der Waals surface area contributed by atoms with Gasteiger partial charge in [0.25, 0.3) is 11.2 Å². The maximum atomic E-state index is 15.0. The summed E-state index contributed by atoms with van der Waals surface area (Å²) in [5.41, 5.74) is -6.47. The van der Waals surface area contributed by atoms with Gasteiger partial charge in [0.2, 0.25) is 0 Å². The van der Waals surface area contributed by atoms with E-state index in [0.29, 0.717) is 13.1 Å². The van der Waals surface area contributed by atoms with Crippen LogP contribution >= 0.6 is 11.6 Å². The Hall–Kier alpha value is -4.40. The fraction of sp³-hybridized carbons (Fsp3) is 0.190. The van der Waals surface area contributed by atoms with Gasteiger partial charge in [0.1, 0.15) is 23.7 Å². The number of alkyl halides is 3. The summed E-state index contributed by atoms with van der Waals surface area (Å²) >= 11 is 5.95. The number of amides is 1. The van der Waals surface area contributed by atoms with E-state index in [1.165, 1.54) is 18.2 Å². The van der Waals surface area contributed by atoms with Crippen molar-refractivity contribution in [2.75, 3.05) is 12.4 Å². The summed E-state index contributed by atoms with van der Waals surface area (Å²) < 4.78 is 64.8. The molecule has 0 radical (unpaired) electrons. The SMILES string of the molecule is COc1c(Cl)cc(F)c(-n2c(=O)cc(C(F)(F)F)n(C)c2=O)c1NC(=O)OCc1cccc([N+](=O)[O-])c1. The van der Waals surface area contributed by atoms with E-state index in [1.807, 2.05) is 0 Å². The second-order valence-corrected chi connectivity index (χ2v) is 7.67. The fourth-order valence-corrected chi connectivity index (χ4v) is 3.54. The quantitative estimate of drug-likeness (QED) is 0.280. The molecule has 11 nitrogen and oxygen atoms in total. The van der Waals surface area contributed by atoms with Crippen molar-refractivity contribution in [3.05, 3.63) is 89.4 Å². The molecule has 196 valence electrons. The number of halogens is 5. The highest BCUT2D eigenvalue weighted by Crippen LogP contribution is 2.39. The van der Waals surface area contributed by atoms with E-state index in [4.69, 9.17) is 21.1 Å². The third-order valence-electron chi connectivity index (χ3n) is 4.92. The molecule has 0 unspecified atom stereocenters. The molecule has 0 bridgehead atoms. The number of anilines is 1. The topological polar surface area (TPSA) is 135 Å². The molecule has 0 saturated heterocycles. The Balaban J connectivity index is 2.08. The van der Waals surface area contributed by atoms with Gasteiger partial charge < -0.3 is 9.47 Å². The lowest BCUT2D eigenvalue weighted by Crippen LogP contribution is -2.41. The molecular formula is C21H15ClF4N4O7. The van der Waals surface area contributed by atoms with Crippen LogP contribution in [0, 0.1) is 15.9 Å². The predicted molar refractivity (Wildman–Crippen MR) is 121 cm³/mol. The summed E-state index contributed by atoms with van der Waals surface area (Å²) in [5, 5.41) is 12.5. The number of benzene rings is 2. The first kappa shape index (κ1) is 27.2. The normalized spacial score (nSPS) is 11.2. The van der Waals surface area contributed by atoms with Gasteiger partial charge in [-0.1, -0.05) is 23.7 Å². The summed E-state index contributed by atoms with van der Waals surface area (Å²) in [6.45, 7) is -0.490. The molecule has 1 aromatic heterocycles. The van der Waals surface area contributed by atoms with Crippen LogP contribution in [0.2, 0.25) is 5.02 Å². The molecule has 0 aliphatic carbocycles.